The maximum absolute atomic E-state index is 6.10. The number of rotatable bonds is 5. The molecule has 1 N–H and O–H groups in total. The molecule has 2 heterocycles. The smallest absolute Gasteiger partial charge is 0.127 e. The lowest BCUT2D eigenvalue weighted by molar-refractivity contribution is 0.178. The van der Waals surface area contributed by atoms with Crippen LogP contribution < -0.4 is 4.74 Å². The molecule has 24 heavy (non-hydrogen) atoms. The summed E-state index contributed by atoms with van der Waals surface area (Å²) in [5.41, 5.74) is 3.41. The van der Waals surface area contributed by atoms with Crippen molar-refractivity contribution in [3.63, 3.8) is 0 Å². The van der Waals surface area contributed by atoms with E-state index in [2.05, 4.69) is 46.6 Å². The van der Waals surface area contributed by atoms with Crippen LogP contribution in [0.1, 0.15) is 18.5 Å². The van der Waals surface area contributed by atoms with Gasteiger partial charge in [-0.15, -0.1) is 0 Å². The minimum Gasteiger partial charge on any atom is -0.493 e. The lowest BCUT2D eigenvalue weighted by atomic mass is 9.98. The molecular weight excluding hydrogens is 300 g/mol. The fourth-order valence-electron chi connectivity index (χ4n) is 3.40. The van der Waals surface area contributed by atoms with Gasteiger partial charge in [0.2, 0.25) is 0 Å². The lowest BCUT2D eigenvalue weighted by Gasteiger charge is -2.14. The molecule has 0 aliphatic carbocycles. The predicted molar refractivity (Wildman–Crippen MR) is 95.3 cm³/mol. The van der Waals surface area contributed by atoms with E-state index in [4.69, 9.17) is 9.47 Å². The molecule has 1 saturated heterocycles. The highest BCUT2D eigenvalue weighted by molar-refractivity contribution is 6.00. The van der Waals surface area contributed by atoms with Gasteiger partial charge < -0.3 is 9.47 Å². The van der Waals surface area contributed by atoms with Gasteiger partial charge in [-0.2, -0.15) is 5.10 Å². The minimum absolute atomic E-state index is 0.643. The first-order valence-electron chi connectivity index (χ1n) is 8.55. The van der Waals surface area contributed by atoms with Crippen LogP contribution in [0.25, 0.3) is 21.9 Å². The normalized spacial score (nSPS) is 17.5. The molecule has 1 aliphatic heterocycles. The molecule has 0 spiro atoms. The zero-order valence-corrected chi connectivity index (χ0v) is 13.9. The van der Waals surface area contributed by atoms with Crippen LogP contribution in [0.2, 0.25) is 0 Å². The molecule has 1 aliphatic rings. The van der Waals surface area contributed by atoms with E-state index in [0.29, 0.717) is 5.92 Å². The van der Waals surface area contributed by atoms with Gasteiger partial charge in [0.15, 0.2) is 0 Å². The average molecular weight is 322 g/mol. The topological polar surface area (TPSA) is 47.1 Å². The maximum Gasteiger partial charge on any atom is 0.127 e. The van der Waals surface area contributed by atoms with Gasteiger partial charge in [-0.1, -0.05) is 24.3 Å². The summed E-state index contributed by atoms with van der Waals surface area (Å²) in [6, 6.07) is 12.6. The number of hydrogen-bond donors (Lipinski definition) is 1. The van der Waals surface area contributed by atoms with Crippen molar-refractivity contribution >= 4 is 10.8 Å². The Morgan fingerprint density at radius 3 is 2.79 bits per heavy atom. The number of aromatic nitrogens is 2. The quantitative estimate of drug-likeness (QED) is 0.760. The van der Waals surface area contributed by atoms with Gasteiger partial charge in [-0.25, -0.2) is 0 Å². The molecule has 0 bridgehead atoms. The van der Waals surface area contributed by atoms with Gasteiger partial charge in [0, 0.05) is 29.9 Å². The van der Waals surface area contributed by atoms with Gasteiger partial charge in [-0.3, -0.25) is 5.10 Å². The van der Waals surface area contributed by atoms with Crippen LogP contribution in [0.4, 0.5) is 0 Å². The van der Waals surface area contributed by atoms with E-state index in [1.165, 1.54) is 10.9 Å². The summed E-state index contributed by atoms with van der Waals surface area (Å²) in [6.07, 6.45) is 4.09. The van der Waals surface area contributed by atoms with E-state index in [9.17, 15) is 0 Å². The Bertz CT molecular complexity index is 835. The van der Waals surface area contributed by atoms with Crippen LogP contribution in [0.5, 0.6) is 5.75 Å². The highest BCUT2D eigenvalue weighted by Gasteiger charge is 2.16. The highest BCUT2D eigenvalue weighted by Crippen LogP contribution is 2.35. The summed E-state index contributed by atoms with van der Waals surface area (Å²) in [5.74, 6) is 1.60. The van der Waals surface area contributed by atoms with Crippen molar-refractivity contribution in [3.05, 3.63) is 48.3 Å². The fourth-order valence-corrected chi connectivity index (χ4v) is 3.40. The van der Waals surface area contributed by atoms with Crippen LogP contribution in [0, 0.1) is 12.8 Å². The van der Waals surface area contributed by atoms with Gasteiger partial charge in [-0.05, 0) is 48.8 Å². The summed E-state index contributed by atoms with van der Waals surface area (Å²) < 4.78 is 11.5. The number of ether oxygens (including phenoxy) is 2. The molecule has 0 amide bonds. The van der Waals surface area contributed by atoms with E-state index in [1.807, 2.05) is 13.1 Å². The average Bonchev–Trinajstić information content (AvgIpc) is 3.27. The van der Waals surface area contributed by atoms with Crippen molar-refractivity contribution in [1.29, 1.82) is 0 Å². The summed E-state index contributed by atoms with van der Waals surface area (Å²) >= 11 is 0. The van der Waals surface area contributed by atoms with Gasteiger partial charge in [0.05, 0.1) is 12.8 Å². The molecule has 0 saturated carbocycles. The van der Waals surface area contributed by atoms with Crippen molar-refractivity contribution in [1.82, 2.24) is 10.2 Å². The first-order valence-corrected chi connectivity index (χ1v) is 8.55. The van der Waals surface area contributed by atoms with Crippen LogP contribution in [-0.4, -0.2) is 30.0 Å². The summed E-state index contributed by atoms with van der Waals surface area (Å²) in [6.45, 7) is 4.56. The van der Waals surface area contributed by atoms with Gasteiger partial charge >= 0.3 is 0 Å². The Kier molecular flexibility index (Phi) is 4.22. The van der Waals surface area contributed by atoms with E-state index >= 15 is 0 Å². The van der Waals surface area contributed by atoms with Crippen molar-refractivity contribution in [2.75, 3.05) is 19.8 Å². The molecule has 1 aromatic heterocycles. The number of benzene rings is 2. The molecule has 1 unspecified atom stereocenters. The van der Waals surface area contributed by atoms with Crippen LogP contribution in [-0.2, 0) is 4.74 Å². The molecular formula is C20H22N2O2. The summed E-state index contributed by atoms with van der Waals surface area (Å²) in [5, 5.41) is 9.52. The second-order valence-corrected chi connectivity index (χ2v) is 6.43. The summed E-state index contributed by atoms with van der Waals surface area (Å²) in [7, 11) is 0. The Labute approximate surface area is 141 Å². The van der Waals surface area contributed by atoms with Crippen molar-refractivity contribution in [2.24, 2.45) is 5.92 Å². The second kappa shape index (κ2) is 6.65. The number of fused-ring (bicyclic) bond motifs is 1. The Balaban J connectivity index is 1.62. The van der Waals surface area contributed by atoms with Crippen LogP contribution >= 0.6 is 0 Å². The lowest BCUT2D eigenvalue weighted by Crippen LogP contribution is -2.07. The summed E-state index contributed by atoms with van der Waals surface area (Å²) in [4.78, 5) is 0. The molecule has 3 aromatic rings. The molecule has 4 heteroatoms. The van der Waals surface area contributed by atoms with Crippen molar-refractivity contribution in [2.45, 2.75) is 19.8 Å². The van der Waals surface area contributed by atoms with Crippen molar-refractivity contribution in [3.8, 4) is 16.9 Å². The standard InChI is InChI=1S/C20H22N2O2/c1-14-19(12-21-22-14)17-6-7-20(18-5-3-2-4-16(17)18)24-11-9-15-8-10-23-13-15/h2-7,12,15H,8-11,13H2,1H3,(H,21,22). The van der Waals surface area contributed by atoms with E-state index < -0.39 is 0 Å². The third-order valence-corrected chi connectivity index (χ3v) is 4.81. The number of aromatic amines is 1. The Hall–Kier alpha value is -2.33. The number of H-pyrrole nitrogens is 1. The monoisotopic (exact) mass is 322 g/mol. The predicted octanol–water partition coefficient (Wildman–Crippen LogP) is 4.34. The SMILES string of the molecule is Cc1[nH]ncc1-c1ccc(OCCC2CCOC2)c2ccccc12. The van der Waals surface area contributed by atoms with E-state index in [0.717, 1.165) is 55.1 Å². The largest absolute Gasteiger partial charge is 0.493 e. The zero-order chi connectivity index (χ0) is 16.4. The third kappa shape index (κ3) is 2.89. The van der Waals surface area contributed by atoms with Gasteiger partial charge in [0.1, 0.15) is 5.75 Å². The highest BCUT2D eigenvalue weighted by atomic mass is 16.5. The molecule has 2 aromatic carbocycles. The van der Waals surface area contributed by atoms with Crippen LogP contribution in [0.15, 0.2) is 42.6 Å². The Morgan fingerprint density at radius 2 is 2.04 bits per heavy atom. The maximum atomic E-state index is 6.10. The first kappa shape index (κ1) is 15.2. The minimum atomic E-state index is 0.643. The Morgan fingerprint density at radius 1 is 1.17 bits per heavy atom. The second-order valence-electron chi connectivity index (χ2n) is 6.43. The number of hydrogen-bond acceptors (Lipinski definition) is 3. The zero-order valence-electron chi connectivity index (χ0n) is 13.9. The molecule has 1 atom stereocenters. The number of aryl methyl sites for hydroxylation is 1. The van der Waals surface area contributed by atoms with Crippen LogP contribution in [0.3, 0.4) is 0 Å². The molecule has 0 radical (unpaired) electrons. The molecule has 1 fully saturated rings. The van der Waals surface area contributed by atoms with E-state index in [1.54, 1.807) is 0 Å². The van der Waals surface area contributed by atoms with Gasteiger partial charge in [0.25, 0.3) is 0 Å². The fraction of sp³-hybridized carbons (Fsp3) is 0.350. The number of nitrogens with one attached hydrogen (secondary N) is 1. The van der Waals surface area contributed by atoms with Crippen molar-refractivity contribution < 1.29 is 9.47 Å². The molecule has 4 nitrogen and oxygen atoms in total. The first-order chi connectivity index (χ1) is 11.8. The number of nitrogens with zero attached hydrogens (tertiary/aromatic N) is 1. The third-order valence-electron chi connectivity index (χ3n) is 4.81. The molecule has 124 valence electrons. The van der Waals surface area contributed by atoms with E-state index in [-0.39, 0.29) is 0 Å². The molecule has 4 rings (SSSR count).